The van der Waals surface area contributed by atoms with Crippen LogP contribution in [0.2, 0.25) is 0 Å². The lowest BCUT2D eigenvalue weighted by molar-refractivity contribution is -0.131. The van der Waals surface area contributed by atoms with Crippen molar-refractivity contribution < 1.29 is 19.2 Å². The van der Waals surface area contributed by atoms with Gasteiger partial charge >= 0.3 is 0 Å². The Labute approximate surface area is 171 Å². The molecule has 3 aromatic rings. The van der Waals surface area contributed by atoms with Crippen LogP contribution in [0.3, 0.4) is 0 Å². The first-order valence-corrected chi connectivity index (χ1v) is 9.59. The number of aliphatic hydroxyl groups excluding tert-OH is 1. The number of likely N-dealkylation sites (tertiary alicyclic amines) is 1. The summed E-state index contributed by atoms with van der Waals surface area (Å²) in [4.78, 5) is 31.0. The Balaban J connectivity index is 1.68. The normalized spacial score (nSPS) is 16.0. The third-order valence-electron chi connectivity index (χ3n) is 5.20. The third kappa shape index (κ3) is 3.75. The molecule has 30 heavy (non-hydrogen) atoms. The minimum atomic E-state index is -0.490. The van der Waals surface area contributed by atoms with Crippen molar-refractivity contribution in [3.05, 3.63) is 41.8 Å². The monoisotopic (exact) mass is 408 g/mol. The highest BCUT2D eigenvalue weighted by molar-refractivity contribution is 6.02. The summed E-state index contributed by atoms with van der Waals surface area (Å²) in [7, 11) is 0. The molecular formula is C20H20N6O4. The number of nitrogens with one attached hydrogen (secondary N) is 1. The summed E-state index contributed by atoms with van der Waals surface area (Å²) in [5.41, 5.74) is 2.08. The maximum absolute atomic E-state index is 12.5. The van der Waals surface area contributed by atoms with E-state index in [0.717, 1.165) is 18.4 Å². The van der Waals surface area contributed by atoms with Crippen LogP contribution in [0.25, 0.3) is 11.0 Å². The molecule has 0 aliphatic carbocycles. The van der Waals surface area contributed by atoms with Gasteiger partial charge in [-0.1, -0.05) is 11.2 Å². The highest BCUT2D eigenvalue weighted by Gasteiger charge is 2.30. The number of amides is 2. The van der Waals surface area contributed by atoms with E-state index in [0.29, 0.717) is 30.1 Å². The molecule has 1 atom stereocenters. The predicted molar refractivity (Wildman–Crippen MR) is 105 cm³/mol. The second-order valence-electron chi connectivity index (χ2n) is 7.08. The van der Waals surface area contributed by atoms with E-state index in [-0.39, 0.29) is 30.7 Å². The van der Waals surface area contributed by atoms with Crippen LogP contribution in [0.1, 0.15) is 35.4 Å². The minimum Gasteiger partial charge on any atom is -0.392 e. The number of carbonyl (C=O) groups excluding carboxylic acids is 2. The molecular weight excluding hydrogens is 388 g/mol. The Morgan fingerprint density at radius 3 is 2.97 bits per heavy atom. The van der Waals surface area contributed by atoms with E-state index in [1.165, 1.54) is 12.3 Å². The van der Waals surface area contributed by atoms with Gasteiger partial charge in [0.05, 0.1) is 29.9 Å². The van der Waals surface area contributed by atoms with Crippen LogP contribution in [-0.2, 0) is 17.9 Å². The molecule has 1 unspecified atom stereocenters. The van der Waals surface area contributed by atoms with E-state index < -0.39 is 5.91 Å². The number of nitriles is 1. The van der Waals surface area contributed by atoms with Crippen molar-refractivity contribution in [1.82, 2.24) is 19.6 Å². The van der Waals surface area contributed by atoms with Crippen LogP contribution in [0.4, 0.5) is 5.95 Å². The van der Waals surface area contributed by atoms with Crippen LogP contribution in [-0.4, -0.2) is 49.1 Å². The first-order valence-electron chi connectivity index (χ1n) is 9.59. The Morgan fingerprint density at radius 1 is 1.37 bits per heavy atom. The Bertz CT molecular complexity index is 1110. The van der Waals surface area contributed by atoms with E-state index in [1.54, 1.807) is 17.0 Å². The lowest BCUT2D eigenvalue weighted by Crippen LogP contribution is -2.38. The number of fused-ring (bicyclic) bond motifs is 1. The second kappa shape index (κ2) is 8.34. The molecule has 0 bridgehead atoms. The van der Waals surface area contributed by atoms with Gasteiger partial charge in [-0.3, -0.25) is 14.9 Å². The summed E-state index contributed by atoms with van der Waals surface area (Å²) < 4.78 is 6.75. The number of hydrogen-bond donors (Lipinski definition) is 2. The van der Waals surface area contributed by atoms with Crippen LogP contribution in [0.5, 0.6) is 0 Å². The molecule has 0 radical (unpaired) electrons. The zero-order chi connectivity index (χ0) is 21.1. The van der Waals surface area contributed by atoms with Crippen molar-refractivity contribution in [2.75, 3.05) is 11.9 Å². The molecule has 2 aromatic heterocycles. The molecule has 3 heterocycles. The number of aliphatic hydroxyl groups is 1. The van der Waals surface area contributed by atoms with E-state index >= 15 is 0 Å². The van der Waals surface area contributed by atoms with Gasteiger partial charge in [0.1, 0.15) is 6.42 Å². The summed E-state index contributed by atoms with van der Waals surface area (Å²) in [5.74, 6) is -0.327. The molecule has 1 fully saturated rings. The maximum atomic E-state index is 12.5. The Morgan fingerprint density at radius 2 is 2.23 bits per heavy atom. The van der Waals surface area contributed by atoms with Gasteiger partial charge in [-0.05, 0) is 30.5 Å². The largest absolute Gasteiger partial charge is 0.392 e. The molecule has 4 rings (SSSR count). The lowest BCUT2D eigenvalue weighted by Gasteiger charge is -2.25. The fraction of sp³-hybridized carbons (Fsp3) is 0.350. The number of rotatable bonds is 6. The van der Waals surface area contributed by atoms with Crippen LogP contribution < -0.4 is 5.32 Å². The van der Waals surface area contributed by atoms with E-state index in [2.05, 4.69) is 15.5 Å². The average molecular weight is 408 g/mol. The molecule has 2 amide bonds. The van der Waals surface area contributed by atoms with Gasteiger partial charge in [-0.25, -0.2) is 4.98 Å². The Kier molecular flexibility index (Phi) is 5.45. The van der Waals surface area contributed by atoms with Gasteiger partial charge in [0.2, 0.25) is 17.6 Å². The summed E-state index contributed by atoms with van der Waals surface area (Å²) in [6, 6.07) is 8.62. The number of imidazole rings is 1. The summed E-state index contributed by atoms with van der Waals surface area (Å²) in [6.07, 6.45) is 2.86. The number of nitrogens with zero attached hydrogens (tertiary/aromatic N) is 5. The van der Waals surface area contributed by atoms with Gasteiger partial charge in [-0.2, -0.15) is 5.26 Å². The highest BCUT2D eigenvalue weighted by Crippen LogP contribution is 2.26. The van der Waals surface area contributed by atoms with Gasteiger partial charge in [0.15, 0.2) is 0 Å². The van der Waals surface area contributed by atoms with Crippen LogP contribution in [0, 0.1) is 11.3 Å². The predicted octanol–water partition coefficient (Wildman–Crippen LogP) is 1.67. The van der Waals surface area contributed by atoms with Crippen molar-refractivity contribution in [2.45, 2.75) is 38.5 Å². The van der Waals surface area contributed by atoms with E-state index in [1.807, 2.05) is 16.7 Å². The van der Waals surface area contributed by atoms with Crippen molar-refractivity contribution >= 4 is 28.8 Å². The molecule has 1 saturated heterocycles. The third-order valence-corrected chi connectivity index (χ3v) is 5.20. The lowest BCUT2D eigenvalue weighted by atomic mass is 10.2. The van der Waals surface area contributed by atoms with Crippen LogP contribution >= 0.6 is 0 Å². The number of aromatic nitrogens is 3. The molecule has 2 N–H and O–H groups in total. The molecule has 0 spiro atoms. The summed E-state index contributed by atoms with van der Waals surface area (Å²) >= 11 is 0. The van der Waals surface area contributed by atoms with E-state index in [9.17, 15) is 14.7 Å². The fourth-order valence-electron chi connectivity index (χ4n) is 3.78. The van der Waals surface area contributed by atoms with Gasteiger partial charge in [0, 0.05) is 25.2 Å². The minimum absolute atomic E-state index is 0.0522. The van der Waals surface area contributed by atoms with Crippen molar-refractivity contribution in [3.8, 4) is 6.07 Å². The highest BCUT2D eigenvalue weighted by atomic mass is 16.5. The smallest absolute Gasteiger partial charge is 0.296 e. The molecule has 1 aliphatic heterocycles. The number of anilines is 1. The van der Waals surface area contributed by atoms with Gasteiger partial charge in [-0.15, -0.1) is 0 Å². The molecule has 10 heteroatoms. The first kappa shape index (κ1) is 19.6. The van der Waals surface area contributed by atoms with Crippen molar-refractivity contribution in [3.63, 3.8) is 0 Å². The molecule has 1 aliphatic rings. The standard InChI is InChI=1S/C20H20N6O4/c21-7-5-18(28)25-9-1-2-14(25)11-26-16-4-3-13(12-27)10-15(16)23-20(26)24-19(29)17-6-8-22-30-17/h3-4,6,8,10,14,27H,1-2,5,9,11-12H2,(H,23,24,29). The SMILES string of the molecule is N#CCC(=O)N1CCCC1Cn1c(NC(=O)c2ccno2)nc2cc(CO)ccc21. The molecule has 1 aromatic carbocycles. The Hall–Kier alpha value is -3.71. The number of hydrogen-bond acceptors (Lipinski definition) is 7. The number of carbonyl (C=O) groups is 2. The maximum Gasteiger partial charge on any atom is 0.296 e. The molecule has 0 saturated carbocycles. The fourth-order valence-corrected chi connectivity index (χ4v) is 3.78. The van der Waals surface area contributed by atoms with E-state index in [4.69, 9.17) is 9.78 Å². The molecule has 10 nitrogen and oxygen atoms in total. The summed E-state index contributed by atoms with van der Waals surface area (Å²) in [5, 5.41) is 24.6. The average Bonchev–Trinajstić information content (AvgIpc) is 3.49. The molecule has 154 valence electrons. The first-order chi connectivity index (χ1) is 14.6. The van der Waals surface area contributed by atoms with Gasteiger partial charge in [0.25, 0.3) is 5.91 Å². The quantitative estimate of drug-likeness (QED) is 0.633. The number of benzene rings is 1. The van der Waals surface area contributed by atoms with Gasteiger partial charge < -0.3 is 19.1 Å². The zero-order valence-electron chi connectivity index (χ0n) is 16.1. The second-order valence-corrected chi connectivity index (χ2v) is 7.08. The topological polar surface area (TPSA) is 137 Å². The van der Waals surface area contributed by atoms with Crippen LogP contribution in [0.15, 0.2) is 35.0 Å². The summed E-state index contributed by atoms with van der Waals surface area (Å²) in [6.45, 7) is 0.895. The van der Waals surface area contributed by atoms with Crippen molar-refractivity contribution in [1.29, 1.82) is 5.26 Å². The van der Waals surface area contributed by atoms with Crippen molar-refractivity contribution in [2.24, 2.45) is 0 Å². The zero-order valence-corrected chi connectivity index (χ0v) is 16.1.